The van der Waals surface area contributed by atoms with Gasteiger partial charge in [-0.1, -0.05) is 39.2 Å². The van der Waals surface area contributed by atoms with Crippen molar-refractivity contribution >= 4 is 46.3 Å². The molecule has 0 spiro atoms. The van der Waals surface area contributed by atoms with Crippen LogP contribution in [0.1, 0.15) is 74.1 Å². The van der Waals surface area contributed by atoms with Crippen LogP contribution in [-0.4, -0.2) is 58.1 Å². The standard InChI is InChI=1S/C35H43N7O5/c1-4-6-7-10-22-47-35(45)40-33(36)25-12-15-27(16-13-25)38-24-31-39-28-23-26(14-17-29(28)41(31)3)34(44)42(30-11-8-9-19-37-30)20-18-32(43)46-21-5-2/h8-9,11-17,19,23,38H,4-7,10,18,20-22,24H2,1-3H3,(H2,36,40,45). The van der Waals surface area contributed by atoms with E-state index in [2.05, 4.69) is 22.2 Å². The number of imidazole rings is 1. The van der Waals surface area contributed by atoms with Crippen molar-refractivity contribution in [3.63, 3.8) is 0 Å². The molecule has 2 heterocycles. The maximum absolute atomic E-state index is 13.7. The van der Waals surface area contributed by atoms with Crippen molar-refractivity contribution < 1.29 is 23.9 Å². The Bertz CT molecular complexity index is 1670. The Morgan fingerprint density at radius 2 is 1.72 bits per heavy atom. The van der Waals surface area contributed by atoms with E-state index in [1.807, 2.05) is 36.7 Å². The van der Waals surface area contributed by atoms with Crippen LogP contribution in [0.25, 0.3) is 11.0 Å². The minimum absolute atomic E-state index is 0.0517. The third-order valence-corrected chi connectivity index (χ3v) is 7.46. The summed E-state index contributed by atoms with van der Waals surface area (Å²) in [4.78, 5) is 52.3. The highest BCUT2D eigenvalue weighted by Crippen LogP contribution is 2.21. The number of amidine groups is 1. The number of unbranched alkanes of at least 4 members (excludes halogenated alkanes) is 3. The first-order chi connectivity index (χ1) is 22.8. The van der Waals surface area contributed by atoms with Crippen LogP contribution in [-0.2, 0) is 27.9 Å². The first-order valence-corrected chi connectivity index (χ1v) is 16.0. The normalized spacial score (nSPS) is 11.3. The molecule has 248 valence electrons. The largest absolute Gasteiger partial charge is 0.466 e. The number of nitrogens with one attached hydrogen (secondary N) is 1. The number of benzene rings is 2. The summed E-state index contributed by atoms with van der Waals surface area (Å²) in [7, 11) is 1.92. The van der Waals surface area contributed by atoms with Gasteiger partial charge in [-0.15, -0.1) is 0 Å². The number of hydrogen-bond acceptors (Lipinski definition) is 8. The maximum Gasteiger partial charge on any atom is 0.435 e. The van der Waals surface area contributed by atoms with Gasteiger partial charge in [-0.3, -0.25) is 14.5 Å². The van der Waals surface area contributed by atoms with Gasteiger partial charge in [-0.05, 0) is 67.4 Å². The van der Waals surface area contributed by atoms with Crippen molar-refractivity contribution in [2.45, 2.75) is 58.9 Å². The number of nitrogens with zero attached hydrogens (tertiary/aromatic N) is 5. The Morgan fingerprint density at radius 3 is 2.45 bits per heavy atom. The van der Waals surface area contributed by atoms with Gasteiger partial charge in [-0.25, -0.2) is 14.8 Å². The van der Waals surface area contributed by atoms with Crippen LogP contribution in [0, 0.1) is 0 Å². The lowest BCUT2D eigenvalue weighted by molar-refractivity contribution is -0.143. The number of rotatable bonds is 16. The zero-order valence-electron chi connectivity index (χ0n) is 27.3. The van der Waals surface area contributed by atoms with Gasteiger partial charge in [-0.2, -0.15) is 4.99 Å². The molecule has 12 heteroatoms. The van der Waals surface area contributed by atoms with E-state index in [9.17, 15) is 14.4 Å². The molecule has 0 aliphatic heterocycles. The second kappa shape index (κ2) is 17.4. The molecule has 0 unspecified atom stereocenters. The van der Waals surface area contributed by atoms with Crippen LogP contribution >= 0.6 is 0 Å². The van der Waals surface area contributed by atoms with Gasteiger partial charge in [0.2, 0.25) is 0 Å². The van der Waals surface area contributed by atoms with Crippen molar-refractivity contribution in [3.05, 3.63) is 83.8 Å². The van der Waals surface area contributed by atoms with E-state index >= 15 is 0 Å². The SMILES string of the molecule is CCCCCCOC(=O)/N=C(\N)c1ccc(NCc2nc3cc(C(=O)N(CCC(=O)OCCC)c4ccccn4)ccc3n2C)cc1. The molecule has 0 fully saturated rings. The van der Waals surface area contributed by atoms with Crippen LogP contribution in [0.3, 0.4) is 0 Å². The number of aromatic nitrogens is 3. The first-order valence-electron chi connectivity index (χ1n) is 16.0. The van der Waals surface area contributed by atoms with Crippen molar-refractivity contribution in [2.75, 3.05) is 30.0 Å². The monoisotopic (exact) mass is 641 g/mol. The number of ether oxygens (including phenoxy) is 2. The topological polar surface area (TPSA) is 154 Å². The Labute approximate surface area is 275 Å². The van der Waals surface area contributed by atoms with E-state index in [-0.39, 0.29) is 30.7 Å². The van der Waals surface area contributed by atoms with Gasteiger partial charge in [0.1, 0.15) is 17.5 Å². The molecule has 47 heavy (non-hydrogen) atoms. The summed E-state index contributed by atoms with van der Waals surface area (Å²) in [6.45, 7) is 5.28. The number of anilines is 2. The highest BCUT2D eigenvalue weighted by molar-refractivity contribution is 6.07. The first kappa shape index (κ1) is 34.6. The molecule has 0 bridgehead atoms. The molecule has 2 aromatic carbocycles. The van der Waals surface area contributed by atoms with E-state index in [1.165, 1.54) is 4.90 Å². The van der Waals surface area contributed by atoms with Crippen LogP contribution in [0.5, 0.6) is 0 Å². The summed E-state index contributed by atoms with van der Waals surface area (Å²) in [6, 6.07) is 17.9. The van der Waals surface area contributed by atoms with Crippen LogP contribution in [0.15, 0.2) is 71.9 Å². The van der Waals surface area contributed by atoms with Crippen LogP contribution < -0.4 is 16.0 Å². The molecule has 12 nitrogen and oxygen atoms in total. The fraction of sp³-hybridized carbons (Fsp3) is 0.371. The van der Waals surface area contributed by atoms with Gasteiger partial charge in [0.25, 0.3) is 5.91 Å². The minimum Gasteiger partial charge on any atom is -0.466 e. The van der Waals surface area contributed by atoms with Gasteiger partial charge in [0, 0.05) is 36.6 Å². The summed E-state index contributed by atoms with van der Waals surface area (Å²) in [5, 5.41) is 3.35. The molecule has 2 aromatic heterocycles. The molecule has 4 rings (SSSR count). The van der Waals surface area contributed by atoms with E-state index in [4.69, 9.17) is 20.2 Å². The summed E-state index contributed by atoms with van der Waals surface area (Å²) in [5.41, 5.74) is 9.41. The summed E-state index contributed by atoms with van der Waals surface area (Å²) >= 11 is 0. The molecule has 0 radical (unpaired) electrons. The van der Waals surface area contributed by atoms with E-state index < -0.39 is 6.09 Å². The third-order valence-electron chi connectivity index (χ3n) is 7.46. The zero-order valence-corrected chi connectivity index (χ0v) is 27.3. The van der Waals surface area contributed by atoms with Gasteiger partial charge < -0.3 is 25.1 Å². The number of carbonyl (C=O) groups excluding carboxylic acids is 3. The van der Waals surface area contributed by atoms with Crippen molar-refractivity contribution in [3.8, 4) is 0 Å². The molecule has 0 saturated heterocycles. The van der Waals surface area contributed by atoms with Crippen molar-refractivity contribution in [1.29, 1.82) is 0 Å². The molecule has 2 amide bonds. The minimum atomic E-state index is -0.690. The second-order valence-corrected chi connectivity index (χ2v) is 11.0. The van der Waals surface area contributed by atoms with Crippen molar-refractivity contribution in [1.82, 2.24) is 14.5 Å². The summed E-state index contributed by atoms with van der Waals surface area (Å²) < 4.78 is 12.3. The zero-order chi connectivity index (χ0) is 33.6. The van der Waals surface area contributed by atoms with Crippen LogP contribution in [0.4, 0.5) is 16.3 Å². The maximum atomic E-state index is 13.7. The van der Waals surface area contributed by atoms with Gasteiger partial charge in [0.15, 0.2) is 0 Å². The number of nitrogens with two attached hydrogens (primary N) is 1. The van der Waals surface area contributed by atoms with Gasteiger partial charge in [0.05, 0.1) is 37.2 Å². The molecular formula is C35H43N7O5. The number of esters is 1. The molecular weight excluding hydrogens is 598 g/mol. The Hall–Kier alpha value is -5.26. The fourth-order valence-electron chi connectivity index (χ4n) is 4.84. The molecule has 0 atom stereocenters. The average molecular weight is 642 g/mol. The highest BCUT2D eigenvalue weighted by Gasteiger charge is 2.21. The lowest BCUT2D eigenvalue weighted by atomic mass is 10.1. The third kappa shape index (κ3) is 9.86. The van der Waals surface area contributed by atoms with Crippen LogP contribution in [0.2, 0.25) is 0 Å². The number of aliphatic imine (C=N–C) groups is 1. The Kier molecular flexibility index (Phi) is 12.8. The molecule has 3 N–H and O–H groups in total. The van der Waals surface area contributed by atoms with E-state index in [0.717, 1.165) is 49.1 Å². The number of aryl methyl sites for hydroxylation is 1. The number of amides is 2. The number of hydrogen-bond donors (Lipinski definition) is 2. The lowest BCUT2D eigenvalue weighted by Gasteiger charge is -2.21. The molecule has 0 aliphatic carbocycles. The average Bonchev–Trinajstić information content (AvgIpc) is 3.41. The predicted octanol–water partition coefficient (Wildman–Crippen LogP) is 5.99. The summed E-state index contributed by atoms with van der Waals surface area (Å²) in [5.74, 6) is 0.647. The van der Waals surface area contributed by atoms with E-state index in [0.29, 0.717) is 42.2 Å². The molecule has 0 saturated carbocycles. The van der Waals surface area contributed by atoms with E-state index in [1.54, 1.807) is 48.7 Å². The van der Waals surface area contributed by atoms with Gasteiger partial charge >= 0.3 is 12.1 Å². The second-order valence-electron chi connectivity index (χ2n) is 11.0. The fourth-order valence-corrected chi connectivity index (χ4v) is 4.84. The number of pyridine rings is 1. The Balaban J connectivity index is 1.40. The van der Waals surface area contributed by atoms with Crippen molar-refractivity contribution in [2.24, 2.45) is 17.8 Å². The Morgan fingerprint density at radius 1 is 0.936 bits per heavy atom. The predicted molar refractivity (Wildman–Crippen MR) is 182 cm³/mol. The lowest BCUT2D eigenvalue weighted by Crippen LogP contribution is -2.34. The highest BCUT2D eigenvalue weighted by atomic mass is 16.5. The number of carbonyl (C=O) groups is 3. The summed E-state index contributed by atoms with van der Waals surface area (Å²) in [6.07, 6.45) is 5.73. The quantitative estimate of drug-likeness (QED) is 0.0649. The molecule has 4 aromatic rings. The smallest absolute Gasteiger partial charge is 0.435 e. The molecule has 0 aliphatic rings. The number of fused-ring (bicyclic) bond motifs is 1.